The van der Waals surface area contributed by atoms with Gasteiger partial charge < -0.3 is 5.32 Å². The van der Waals surface area contributed by atoms with E-state index >= 15 is 0 Å². The molecule has 20 heavy (non-hydrogen) atoms. The van der Waals surface area contributed by atoms with Gasteiger partial charge in [-0.1, -0.05) is 12.1 Å². The molecule has 114 valence electrons. The molecule has 6 heteroatoms. The number of likely N-dealkylation sites (tertiary alicyclic amines) is 1. The van der Waals surface area contributed by atoms with Gasteiger partial charge in [-0.25, -0.2) is 8.42 Å². The van der Waals surface area contributed by atoms with Crippen molar-refractivity contribution in [2.75, 3.05) is 32.9 Å². The van der Waals surface area contributed by atoms with E-state index in [1.807, 2.05) is 19.2 Å². The van der Waals surface area contributed by atoms with E-state index in [1.165, 1.54) is 18.2 Å². The molecule has 0 aliphatic carbocycles. The van der Waals surface area contributed by atoms with Crippen LogP contribution in [0.3, 0.4) is 0 Å². The molecule has 4 nitrogen and oxygen atoms in total. The fourth-order valence-electron chi connectivity index (χ4n) is 2.61. The van der Waals surface area contributed by atoms with Crippen molar-refractivity contribution in [2.24, 2.45) is 5.92 Å². The molecule has 1 saturated heterocycles. The van der Waals surface area contributed by atoms with Crippen LogP contribution >= 0.6 is 12.4 Å². The third kappa shape index (κ3) is 4.74. The van der Waals surface area contributed by atoms with Crippen LogP contribution in [0.4, 0.5) is 0 Å². The van der Waals surface area contributed by atoms with E-state index in [4.69, 9.17) is 0 Å². The smallest absolute Gasteiger partial charge is 0.175 e. The zero-order chi connectivity index (χ0) is 13.9. The Labute approximate surface area is 127 Å². The molecule has 1 fully saturated rings. The van der Waals surface area contributed by atoms with Gasteiger partial charge in [0.2, 0.25) is 0 Å². The van der Waals surface area contributed by atoms with E-state index in [0.717, 1.165) is 32.1 Å². The van der Waals surface area contributed by atoms with Gasteiger partial charge in [0.15, 0.2) is 9.84 Å². The fourth-order valence-corrected chi connectivity index (χ4v) is 3.24. The van der Waals surface area contributed by atoms with Gasteiger partial charge in [0, 0.05) is 19.3 Å². The lowest BCUT2D eigenvalue weighted by Gasteiger charge is -2.16. The Hall–Kier alpha value is -0.620. The van der Waals surface area contributed by atoms with Crippen LogP contribution in [0, 0.1) is 5.92 Å². The Morgan fingerprint density at radius 1 is 1.30 bits per heavy atom. The number of benzene rings is 1. The van der Waals surface area contributed by atoms with Gasteiger partial charge in [-0.2, -0.15) is 0 Å². The first kappa shape index (κ1) is 17.4. The molecule has 0 amide bonds. The molecule has 1 aromatic rings. The molecule has 1 N–H and O–H groups in total. The lowest BCUT2D eigenvalue weighted by molar-refractivity contribution is 0.315. The first-order valence-electron chi connectivity index (χ1n) is 6.65. The van der Waals surface area contributed by atoms with Crippen LogP contribution in [-0.4, -0.2) is 46.3 Å². The highest BCUT2D eigenvalue weighted by molar-refractivity contribution is 7.90. The normalized spacial score (nSPS) is 19.8. The molecule has 2 rings (SSSR count). The molecule has 0 spiro atoms. The molecular weight excluding hydrogens is 296 g/mol. The molecular formula is C14H23ClN2O2S. The summed E-state index contributed by atoms with van der Waals surface area (Å²) in [5.74, 6) is 0.736. The standard InChI is InChI=1S/C14H22N2O2S.ClH/c1-15-9-13-7-8-16(11-13)10-12-3-5-14(6-4-12)19(2,17)18;/h3-6,13,15H,7-11H2,1-2H3;1H. The summed E-state index contributed by atoms with van der Waals surface area (Å²) in [7, 11) is -1.09. The summed E-state index contributed by atoms with van der Waals surface area (Å²) in [4.78, 5) is 2.82. The Bertz CT molecular complexity index is 516. The lowest BCUT2D eigenvalue weighted by Crippen LogP contribution is -2.24. The molecule has 1 aliphatic heterocycles. The third-order valence-electron chi connectivity index (χ3n) is 3.62. The number of nitrogens with zero attached hydrogens (tertiary/aromatic N) is 1. The van der Waals surface area contributed by atoms with Crippen LogP contribution in [-0.2, 0) is 16.4 Å². The monoisotopic (exact) mass is 318 g/mol. The van der Waals surface area contributed by atoms with Crippen LogP contribution < -0.4 is 5.32 Å². The summed E-state index contributed by atoms with van der Waals surface area (Å²) in [6.45, 7) is 4.22. The van der Waals surface area contributed by atoms with Crippen LogP contribution in [0.5, 0.6) is 0 Å². The molecule has 1 heterocycles. The largest absolute Gasteiger partial charge is 0.319 e. The first-order valence-corrected chi connectivity index (χ1v) is 8.54. The van der Waals surface area contributed by atoms with Crippen LogP contribution in [0.15, 0.2) is 29.2 Å². The summed E-state index contributed by atoms with van der Waals surface area (Å²) in [6, 6.07) is 7.24. The van der Waals surface area contributed by atoms with Gasteiger partial charge in [0.25, 0.3) is 0 Å². The lowest BCUT2D eigenvalue weighted by atomic mass is 10.1. The Morgan fingerprint density at radius 2 is 1.95 bits per heavy atom. The van der Waals surface area contributed by atoms with Gasteiger partial charge >= 0.3 is 0 Å². The topological polar surface area (TPSA) is 49.4 Å². The minimum Gasteiger partial charge on any atom is -0.319 e. The SMILES string of the molecule is CNCC1CCN(Cc2ccc(S(C)(=O)=O)cc2)C1.Cl. The summed E-state index contributed by atoms with van der Waals surface area (Å²) >= 11 is 0. The predicted molar refractivity (Wildman–Crippen MR) is 84.1 cm³/mol. The third-order valence-corrected chi connectivity index (χ3v) is 4.75. The van der Waals surface area contributed by atoms with Crippen molar-refractivity contribution >= 4 is 22.2 Å². The summed E-state index contributed by atoms with van der Waals surface area (Å²) in [5.41, 5.74) is 1.18. The molecule has 1 aliphatic rings. The predicted octanol–water partition coefficient (Wildman–Crippen LogP) is 1.55. The van der Waals surface area contributed by atoms with Gasteiger partial charge in [0.05, 0.1) is 4.90 Å². The Morgan fingerprint density at radius 3 is 2.50 bits per heavy atom. The second kappa shape index (κ2) is 7.41. The van der Waals surface area contributed by atoms with E-state index in [1.54, 1.807) is 12.1 Å². The van der Waals surface area contributed by atoms with Gasteiger partial charge in [-0.15, -0.1) is 12.4 Å². The zero-order valence-electron chi connectivity index (χ0n) is 12.0. The van der Waals surface area contributed by atoms with E-state index in [0.29, 0.717) is 4.90 Å². The van der Waals surface area contributed by atoms with Crippen molar-refractivity contribution in [1.82, 2.24) is 10.2 Å². The number of hydrogen-bond donors (Lipinski definition) is 1. The summed E-state index contributed by atoms with van der Waals surface area (Å²) in [6.07, 6.45) is 2.48. The van der Waals surface area contributed by atoms with E-state index < -0.39 is 9.84 Å². The van der Waals surface area contributed by atoms with Crippen molar-refractivity contribution in [3.8, 4) is 0 Å². The number of rotatable bonds is 5. The van der Waals surface area contributed by atoms with Crippen LogP contribution in [0.2, 0.25) is 0 Å². The van der Waals surface area contributed by atoms with Crippen molar-refractivity contribution in [3.05, 3.63) is 29.8 Å². The molecule has 0 saturated carbocycles. The highest BCUT2D eigenvalue weighted by Gasteiger charge is 2.21. The van der Waals surface area contributed by atoms with Crippen LogP contribution in [0.25, 0.3) is 0 Å². The van der Waals surface area contributed by atoms with Gasteiger partial charge in [-0.3, -0.25) is 4.90 Å². The fraction of sp³-hybridized carbons (Fsp3) is 0.571. The summed E-state index contributed by atoms with van der Waals surface area (Å²) in [5, 5.41) is 3.22. The first-order chi connectivity index (χ1) is 8.99. The molecule has 0 aromatic heterocycles. The van der Waals surface area contributed by atoms with Crippen LogP contribution in [0.1, 0.15) is 12.0 Å². The minimum absolute atomic E-state index is 0. The average molecular weight is 319 g/mol. The van der Waals surface area contributed by atoms with E-state index in [9.17, 15) is 8.42 Å². The zero-order valence-corrected chi connectivity index (χ0v) is 13.6. The second-order valence-corrected chi connectivity index (χ2v) is 7.38. The quantitative estimate of drug-likeness (QED) is 0.895. The number of hydrogen-bond acceptors (Lipinski definition) is 4. The van der Waals surface area contributed by atoms with E-state index in [2.05, 4.69) is 10.2 Å². The minimum atomic E-state index is -3.08. The van der Waals surface area contributed by atoms with E-state index in [-0.39, 0.29) is 12.4 Å². The Balaban J connectivity index is 0.00000200. The second-order valence-electron chi connectivity index (χ2n) is 5.36. The van der Waals surface area contributed by atoms with Crippen molar-refractivity contribution in [1.29, 1.82) is 0 Å². The van der Waals surface area contributed by atoms with Gasteiger partial charge in [-0.05, 0) is 50.2 Å². The highest BCUT2D eigenvalue weighted by atomic mass is 35.5. The molecule has 1 aromatic carbocycles. The molecule has 1 unspecified atom stereocenters. The Kier molecular flexibility index (Phi) is 6.45. The number of sulfone groups is 1. The summed E-state index contributed by atoms with van der Waals surface area (Å²) < 4.78 is 22.8. The average Bonchev–Trinajstić information content (AvgIpc) is 2.77. The van der Waals surface area contributed by atoms with Crippen molar-refractivity contribution < 1.29 is 8.42 Å². The maximum atomic E-state index is 11.4. The number of halogens is 1. The maximum absolute atomic E-state index is 11.4. The van der Waals surface area contributed by atoms with Gasteiger partial charge in [0.1, 0.15) is 0 Å². The molecule has 1 atom stereocenters. The molecule has 0 radical (unpaired) electrons. The maximum Gasteiger partial charge on any atom is 0.175 e. The highest BCUT2D eigenvalue weighted by Crippen LogP contribution is 2.19. The van der Waals surface area contributed by atoms with Crippen molar-refractivity contribution in [3.63, 3.8) is 0 Å². The van der Waals surface area contributed by atoms with Crippen molar-refractivity contribution in [2.45, 2.75) is 17.9 Å². The number of nitrogens with one attached hydrogen (secondary N) is 1. The molecule has 0 bridgehead atoms.